The van der Waals surface area contributed by atoms with E-state index in [1.807, 2.05) is 0 Å². The zero-order valence-corrected chi connectivity index (χ0v) is 22.1. The molecule has 2 aromatic carbocycles. The third kappa shape index (κ3) is 4.27. The van der Waals surface area contributed by atoms with Crippen LogP contribution < -0.4 is 15.5 Å². The summed E-state index contributed by atoms with van der Waals surface area (Å²) in [6.45, 7) is 2.29. The molecule has 0 saturated heterocycles. The maximum absolute atomic E-state index is 5.27. The average molecular weight is 501 g/mol. The largest absolute Gasteiger partial charge is 0.351 e. The van der Waals surface area contributed by atoms with Gasteiger partial charge in [-0.25, -0.2) is 4.99 Å². The van der Waals surface area contributed by atoms with Gasteiger partial charge in [-0.05, 0) is 72.9 Å². The van der Waals surface area contributed by atoms with Gasteiger partial charge in [0.2, 0.25) is 0 Å². The number of hydrogen-bond acceptors (Lipinski definition) is 4. The zero-order chi connectivity index (χ0) is 25.5. The molecule has 38 heavy (non-hydrogen) atoms. The molecule has 3 aliphatic carbocycles. The molecule has 7 rings (SSSR count). The van der Waals surface area contributed by atoms with Gasteiger partial charge in [0.05, 0.1) is 6.04 Å². The van der Waals surface area contributed by atoms with Crippen molar-refractivity contribution >= 4 is 17.2 Å². The van der Waals surface area contributed by atoms with E-state index in [0.717, 1.165) is 24.2 Å². The highest BCUT2D eigenvalue weighted by atomic mass is 15.3. The molecular weight excluding hydrogens is 464 g/mol. The molecule has 0 spiro atoms. The Labute approximate surface area is 226 Å². The highest BCUT2D eigenvalue weighted by Gasteiger charge is 2.37. The van der Waals surface area contributed by atoms with E-state index in [0.29, 0.717) is 17.9 Å². The molecular formula is C34H36N4. The molecule has 2 aliphatic heterocycles. The molecule has 0 amide bonds. The molecule has 2 N–H and O–H groups in total. The van der Waals surface area contributed by atoms with Gasteiger partial charge in [-0.15, -0.1) is 0 Å². The molecule has 0 saturated carbocycles. The Morgan fingerprint density at radius 1 is 0.921 bits per heavy atom. The lowest BCUT2D eigenvalue weighted by atomic mass is 9.91. The van der Waals surface area contributed by atoms with Crippen LogP contribution in [0.1, 0.15) is 56.1 Å². The Morgan fingerprint density at radius 3 is 2.74 bits per heavy atom. The highest BCUT2D eigenvalue weighted by Crippen LogP contribution is 2.47. The van der Waals surface area contributed by atoms with Crippen LogP contribution in [0, 0.1) is 5.92 Å². The minimum Gasteiger partial charge on any atom is -0.351 e. The lowest BCUT2D eigenvalue weighted by molar-refractivity contribution is 0.430. The van der Waals surface area contributed by atoms with Crippen molar-refractivity contribution in [3.05, 3.63) is 119 Å². The van der Waals surface area contributed by atoms with E-state index in [-0.39, 0.29) is 12.3 Å². The number of nitrogens with zero attached hydrogens (tertiary/aromatic N) is 2. The number of aliphatic imine (C=N–C) groups is 1. The first-order valence-corrected chi connectivity index (χ1v) is 14.2. The topological polar surface area (TPSA) is 39.7 Å². The minimum absolute atomic E-state index is 0.0153. The second-order valence-electron chi connectivity index (χ2n) is 11.2. The maximum atomic E-state index is 5.27. The third-order valence-electron chi connectivity index (χ3n) is 8.58. The van der Waals surface area contributed by atoms with E-state index in [4.69, 9.17) is 4.99 Å². The fraction of sp³-hybridized carbons (Fsp3) is 0.324. The van der Waals surface area contributed by atoms with Crippen LogP contribution in [0.5, 0.6) is 0 Å². The summed E-state index contributed by atoms with van der Waals surface area (Å²) in [6.07, 6.45) is 24.2. The number of allylic oxidation sites excluding steroid dienone is 6. The van der Waals surface area contributed by atoms with Gasteiger partial charge in [0, 0.05) is 22.9 Å². The summed E-state index contributed by atoms with van der Waals surface area (Å²) >= 11 is 0. The van der Waals surface area contributed by atoms with Crippen LogP contribution in [-0.2, 0) is 0 Å². The van der Waals surface area contributed by atoms with E-state index in [1.54, 1.807) is 0 Å². The smallest absolute Gasteiger partial charge is 0.131 e. The quantitative estimate of drug-likeness (QED) is 0.443. The molecule has 0 radical (unpaired) electrons. The SMILES string of the molecule is CC1C=CC=C(C2N=C(c3cccc(N4c5ccccc5C5C=CC=CC54)c3)NC(C3=CCCCC3)N2)C1. The number of rotatable bonds is 4. The number of nitrogens with one attached hydrogen (secondary N) is 2. The monoisotopic (exact) mass is 500 g/mol. The van der Waals surface area contributed by atoms with Crippen LogP contribution in [-0.4, -0.2) is 24.2 Å². The van der Waals surface area contributed by atoms with Gasteiger partial charge in [0.25, 0.3) is 0 Å². The number of amidine groups is 1. The summed E-state index contributed by atoms with van der Waals surface area (Å²) < 4.78 is 0. The molecule has 192 valence electrons. The minimum atomic E-state index is -0.0153. The van der Waals surface area contributed by atoms with Crippen molar-refractivity contribution in [2.75, 3.05) is 4.90 Å². The van der Waals surface area contributed by atoms with Crippen molar-refractivity contribution in [1.82, 2.24) is 10.6 Å². The summed E-state index contributed by atoms with van der Waals surface area (Å²) in [5.41, 5.74) is 7.90. The van der Waals surface area contributed by atoms with Gasteiger partial charge in [0.1, 0.15) is 18.2 Å². The Balaban J connectivity index is 1.26. The summed E-state index contributed by atoms with van der Waals surface area (Å²) in [5, 5.41) is 7.63. The van der Waals surface area contributed by atoms with Crippen molar-refractivity contribution in [2.24, 2.45) is 10.9 Å². The second-order valence-corrected chi connectivity index (χ2v) is 11.2. The third-order valence-corrected chi connectivity index (χ3v) is 8.58. The fourth-order valence-electron chi connectivity index (χ4n) is 6.69. The van der Waals surface area contributed by atoms with Gasteiger partial charge in [0.15, 0.2) is 0 Å². The van der Waals surface area contributed by atoms with E-state index in [2.05, 4.69) is 120 Å². The van der Waals surface area contributed by atoms with Crippen molar-refractivity contribution in [1.29, 1.82) is 0 Å². The fourth-order valence-corrected chi connectivity index (χ4v) is 6.69. The Kier molecular flexibility index (Phi) is 6.13. The number of fused-ring (bicyclic) bond motifs is 3. The van der Waals surface area contributed by atoms with Gasteiger partial charge in [-0.3, -0.25) is 5.32 Å². The standard InChI is InChI=1S/C34H36N4/c1-23-11-9-14-25(21-23)33-35-32(24-12-3-2-4-13-24)36-34(37-33)26-15-10-16-27(22-26)38-30-19-7-5-17-28(30)29-18-6-8-20-31(29)38/h5-12,14-20,22-23,28,30,32-33,35H,2-4,13,21H2,1H3,(H,36,37). The van der Waals surface area contributed by atoms with Gasteiger partial charge < -0.3 is 10.2 Å². The first-order valence-electron chi connectivity index (χ1n) is 14.2. The second kappa shape index (κ2) is 9.92. The van der Waals surface area contributed by atoms with E-state index >= 15 is 0 Å². The molecule has 0 aromatic heterocycles. The first-order chi connectivity index (χ1) is 18.7. The molecule has 5 atom stereocenters. The van der Waals surface area contributed by atoms with E-state index in [9.17, 15) is 0 Å². The van der Waals surface area contributed by atoms with Crippen LogP contribution in [0.4, 0.5) is 11.4 Å². The van der Waals surface area contributed by atoms with Crippen molar-refractivity contribution in [3.8, 4) is 0 Å². The van der Waals surface area contributed by atoms with Crippen LogP contribution in [0.2, 0.25) is 0 Å². The van der Waals surface area contributed by atoms with Crippen molar-refractivity contribution in [3.63, 3.8) is 0 Å². The van der Waals surface area contributed by atoms with Crippen molar-refractivity contribution < 1.29 is 0 Å². The summed E-state index contributed by atoms with van der Waals surface area (Å²) in [4.78, 5) is 7.77. The normalized spacial score (nSPS) is 29.7. The van der Waals surface area contributed by atoms with Gasteiger partial charge >= 0.3 is 0 Å². The molecule has 0 fully saturated rings. The lowest BCUT2D eigenvalue weighted by Gasteiger charge is -2.36. The van der Waals surface area contributed by atoms with Crippen LogP contribution in [0.15, 0.2) is 113 Å². The number of anilines is 2. The van der Waals surface area contributed by atoms with E-state index < -0.39 is 0 Å². The Bertz CT molecular complexity index is 1410. The van der Waals surface area contributed by atoms with Crippen LogP contribution in [0.3, 0.4) is 0 Å². The van der Waals surface area contributed by atoms with Gasteiger partial charge in [-0.2, -0.15) is 0 Å². The highest BCUT2D eigenvalue weighted by molar-refractivity contribution is 6.01. The summed E-state index contributed by atoms with van der Waals surface area (Å²) in [5.74, 6) is 1.91. The number of para-hydroxylation sites is 1. The van der Waals surface area contributed by atoms with Crippen LogP contribution in [0.25, 0.3) is 0 Å². The maximum Gasteiger partial charge on any atom is 0.131 e. The molecule has 5 unspecified atom stereocenters. The number of benzene rings is 2. The first kappa shape index (κ1) is 23.5. The predicted octanol–water partition coefficient (Wildman–Crippen LogP) is 7.03. The molecule has 2 aromatic rings. The molecule has 0 bridgehead atoms. The van der Waals surface area contributed by atoms with Gasteiger partial charge in [-0.1, -0.05) is 85.9 Å². The molecule has 4 heteroatoms. The number of hydrogen-bond donors (Lipinski definition) is 2. The predicted molar refractivity (Wildman–Crippen MR) is 158 cm³/mol. The summed E-state index contributed by atoms with van der Waals surface area (Å²) in [7, 11) is 0. The van der Waals surface area contributed by atoms with Crippen molar-refractivity contribution in [2.45, 2.75) is 63.3 Å². The molecule has 2 heterocycles. The lowest BCUT2D eigenvalue weighted by Crippen LogP contribution is -2.56. The Morgan fingerprint density at radius 2 is 1.84 bits per heavy atom. The summed E-state index contributed by atoms with van der Waals surface area (Å²) in [6, 6.07) is 18.1. The van der Waals surface area contributed by atoms with Crippen LogP contribution >= 0.6 is 0 Å². The average Bonchev–Trinajstić information content (AvgIpc) is 3.32. The Hall–Kier alpha value is -3.63. The zero-order valence-electron chi connectivity index (χ0n) is 22.1. The van der Waals surface area contributed by atoms with E-state index in [1.165, 1.54) is 47.3 Å². The molecule has 5 aliphatic rings. The molecule has 4 nitrogen and oxygen atoms in total.